The molecule has 6 nitrogen and oxygen atoms in total. The first kappa shape index (κ1) is 18.0. The Morgan fingerprint density at radius 1 is 1.15 bits per heavy atom. The van der Waals surface area contributed by atoms with E-state index in [1.807, 2.05) is 35.7 Å². The number of rotatable bonds is 6. The first-order chi connectivity index (χ1) is 13.2. The molecule has 142 valence electrons. The lowest BCUT2D eigenvalue weighted by Gasteiger charge is -2.31. The van der Waals surface area contributed by atoms with Gasteiger partial charge in [0.2, 0.25) is 5.91 Å². The van der Waals surface area contributed by atoms with Crippen LogP contribution < -0.4 is 10.1 Å². The molecule has 1 aliphatic heterocycles. The number of amides is 2. The number of likely N-dealkylation sites (tertiary alicyclic amines) is 1. The third kappa shape index (κ3) is 4.66. The summed E-state index contributed by atoms with van der Waals surface area (Å²) in [5.41, 5.74) is 1.11. The van der Waals surface area contributed by atoms with Crippen molar-refractivity contribution < 1.29 is 14.3 Å². The molecule has 1 aromatic carbocycles. The Bertz CT molecular complexity index is 796. The van der Waals surface area contributed by atoms with Gasteiger partial charge in [-0.2, -0.15) is 0 Å². The number of hydrogen-bond donors (Lipinski definition) is 1. The highest BCUT2D eigenvalue weighted by Crippen LogP contribution is 2.41. The zero-order chi connectivity index (χ0) is 18.6. The molecule has 1 aromatic heterocycles. The first-order valence-electron chi connectivity index (χ1n) is 9.41. The molecule has 0 radical (unpaired) electrons. The van der Waals surface area contributed by atoms with Crippen molar-refractivity contribution in [3.63, 3.8) is 0 Å². The van der Waals surface area contributed by atoms with Crippen LogP contribution in [0.3, 0.4) is 0 Å². The number of aromatic nitrogens is 1. The van der Waals surface area contributed by atoms with Gasteiger partial charge in [0.1, 0.15) is 5.75 Å². The highest BCUT2D eigenvalue weighted by Gasteiger charge is 2.29. The second-order valence-corrected chi connectivity index (χ2v) is 7.96. The number of nitrogens with zero attached hydrogens (tertiary/aromatic N) is 2. The van der Waals surface area contributed by atoms with Crippen molar-refractivity contribution in [2.45, 2.75) is 31.6 Å². The van der Waals surface area contributed by atoms with Crippen LogP contribution in [0.5, 0.6) is 5.75 Å². The van der Waals surface area contributed by atoms with E-state index in [-0.39, 0.29) is 24.3 Å². The van der Waals surface area contributed by atoms with Gasteiger partial charge in [-0.25, -0.2) is 4.98 Å². The van der Waals surface area contributed by atoms with Gasteiger partial charge in [0, 0.05) is 30.3 Å². The fourth-order valence-corrected chi connectivity index (χ4v) is 4.06. The summed E-state index contributed by atoms with van der Waals surface area (Å²) in [5.74, 6) is 1.19. The van der Waals surface area contributed by atoms with Gasteiger partial charge in [-0.3, -0.25) is 9.59 Å². The van der Waals surface area contributed by atoms with E-state index in [0.29, 0.717) is 42.7 Å². The molecule has 1 saturated heterocycles. The highest BCUT2D eigenvalue weighted by atomic mass is 32.1. The van der Waals surface area contributed by atoms with Gasteiger partial charge in [-0.05, 0) is 37.8 Å². The molecule has 2 fully saturated rings. The normalized spacial score (nSPS) is 17.6. The van der Waals surface area contributed by atoms with Gasteiger partial charge in [-0.1, -0.05) is 18.2 Å². The zero-order valence-electron chi connectivity index (χ0n) is 15.1. The Kier molecular flexibility index (Phi) is 5.38. The van der Waals surface area contributed by atoms with Gasteiger partial charge >= 0.3 is 0 Å². The van der Waals surface area contributed by atoms with Crippen LogP contribution >= 0.6 is 11.3 Å². The maximum absolute atomic E-state index is 12.5. The number of benzene rings is 1. The number of anilines is 1. The van der Waals surface area contributed by atoms with Crippen LogP contribution in [0, 0.1) is 5.92 Å². The minimum Gasteiger partial charge on any atom is -0.484 e. The zero-order valence-corrected chi connectivity index (χ0v) is 15.9. The number of nitrogens with one attached hydrogen (secondary N) is 1. The summed E-state index contributed by atoms with van der Waals surface area (Å²) < 4.78 is 5.52. The molecule has 1 N–H and O–H groups in total. The fourth-order valence-electron chi connectivity index (χ4n) is 3.26. The van der Waals surface area contributed by atoms with Crippen LogP contribution in [-0.4, -0.2) is 41.4 Å². The number of carbonyl (C=O) groups excluding carboxylic acids is 2. The average Bonchev–Trinajstić information content (AvgIpc) is 3.46. The van der Waals surface area contributed by atoms with Crippen LogP contribution in [0.25, 0.3) is 0 Å². The van der Waals surface area contributed by atoms with Crippen molar-refractivity contribution in [1.82, 2.24) is 9.88 Å². The molecule has 4 rings (SSSR count). The Morgan fingerprint density at radius 3 is 2.59 bits per heavy atom. The standard InChI is InChI=1S/C20H23N3O3S/c24-18(12-26-16-4-2-1-3-5-16)23-10-8-15(9-11-23)19(25)22-20-21-17(13-27-20)14-6-7-14/h1-5,13-15H,6-12H2,(H,21,22,25). The Balaban J connectivity index is 1.21. The van der Waals surface area contributed by atoms with Crippen LogP contribution in [-0.2, 0) is 9.59 Å². The summed E-state index contributed by atoms with van der Waals surface area (Å²) in [6.07, 6.45) is 3.75. The van der Waals surface area contributed by atoms with Crippen molar-refractivity contribution >= 4 is 28.3 Å². The lowest BCUT2D eigenvalue weighted by molar-refractivity contribution is -0.136. The number of para-hydroxylation sites is 1. The van der Waals surface area contributed by atoms with Crippen molar-refractivity contribution in [2.24, 2.45) is 5.92 Å². The van der Waals surface area contributed by atoms with E-state index in [1.165, 1.54) is 24.2 Å². The molecule has 7 heteroatoms. The van der Waals surface area contributed by atoms with Crippen molar-refractivity contribution in [2.75, 3.05) is 25.0 Å². The number of thiazole rings is 1. The fraction of sp³-hybridized carbons (Fsp3) is 0.450. The monoisotopic (exact) mass is 385 g/mol. The summed E-state index contributed by atoms with van der Waals surface area (Å²) in [6, 6.07) is 9.32. The molecular weight excluding hydrogens is 362 g/mol. The molecule has 2 heterocycles. The molecule has 0 spiro atoms. The van der Waals surface area contributed by atoms with E-state index in [4.69, 9.17) is 4.74 Å². The maximum atomic E-state index is 12.5. The maximum Gasteiger partial charge on any atom is 0.260 e. The van der Waals surface area contributed by atoms with Crippen molar-refractivity contribution in [3.05, 3.63) is 41.4 Å². The lowest BCUT2D eigenvalue weighted by atomic mass is 9.96. The van der Waals surface area contributed by atoms with Crippen molar-refractivity contribution in [3.8, 4) is 5.75 Å². The number of piperidine rings is 1. The van der Waals surface area contributed by atoms with Gasteiger partial charge in [0.25, 0.3) is 5.91 Å². The Morgan fingerprint density at radius 2 is 1.89 bits per heavy atom. The molecule has 2 aromatic rings. The lowest BCUT2D eigenvalue weighted by Crippen LogP contribution is -2.43. The molecule has 1 saturated carbocycles. The average molecular weight is 385 g/mol. The molecule has 0 bridgehead atoms. The predicted molar refractivity (Wildman–Crippen MR) is 104 cm³/mol. The topological polar surface area (TPSA) is 71.5 Å². The van der Waals surface area contributed by atoms with Gasteiger partial charge in [-0.15, -0.1) is 11.3 Å². The molecule has 27 heavy (non-hydrogen) atoms. The minimum atomic E-state index is -0.0719. The largest absolute Gasteiger partial charge is 0.484 e. The number of hydrogen-bond acceptors (Lipinski definition) is 5. The number of carbonyl (C=O) groups is 2. The molecule has 2 aliphatic rings. The second-order valence-electron chi connectivity index (χ2n) is 7.10. The van der Waals surface area contributed by atoms with E-state index in [0.717, 1.165) is 5.69 Å². The highest BCUT2D eigenvalue weighted by molar-refractivity contribution is 7.13. The summed E-state index contributed by atoms with van der Waals surface area (Å²) in [7, 11) is 0. The van der Waals surface area contributed by atoms with Crippen LogP contribution in [0.4, 0.5) is 5.13 Å². The van der Waals surface area contributed by atoms with E-state index in [1.54, 1.807) is 4.90 Å². The molecule has 0 unspecified atom stereocenters. The summed E-state index contributed by atoms with van der Waals surface area (Å²) in [5, 5.41) is 5.68. The van der Waals surface area contributed by atoms with Gasteiger partial charge in [0.15, 0.2) is 11.7 Å². The third-order valence-corrected chi connectivity index (χ3v) is 5.85. The van der Waals surface area contributed by atoms with Crippen LogP contribution in [0.2, 0.25) is 0 Å². The smallest absolute Gasteiger partial charge is 0.260 e. The minimum absolute atomic E-state index is 0.0133. The Labute approximate surface area is 162 Å². The van der Waals surface area contributed by atoms with E-state index < -0.39 is 0 Å². The molecule has 2 amide bonds. The number of ether oxygens (including phenoxy) is 1. The predicted octanol–water partition coefficient (Wildman–Crippen LogP) is 3.28. The van der Waals surface area contributed by atoms with E-state index in [9.17, 15) is 9.59 Å². The molecule has 0 atom stereocenters. The van der Waals surface area contributed by atoms with Crippen LogP contribution in [0.15, 0.2) is 35.7 Å². The van der Waals surface area contributed by atoms with Crippen LogP contribution in [0.1, 0.15) is 37.3 Å². The second kappa shape index (κ2) is 8.08. The summed E-state index contributed by atoms with van der Waals surface area (Å²) >= 11 is 1.50. The molecule has 1 aliphatic carbocycles. The van der Waals surface area contributed by atoms with E-state index in [2.05, 4.69) is 10.3 Å². The third-order valence-electron chi connectivity index (χ3n) is 5.07. The van der Waals surface area contributed by atoms with Gasteiger partial charge < -0.3 is 15.0 Å². The van der Waals surface area contributed by atoms with Crippen molar-refractivity contribution in [1.29, 1.82) is 0 Å². The first-order valence-corrected chi connectivity index (χ1v) is 10.3. The SMILES string of the molecule is O=C(Nc1nc(C2CC2)cs1)C1CCN(C(=O)COc2ccccc2)CC1. The van der Waals surface area contributed by atoms with Gasteiger partial charge in [0.05, 0.1) is 5.69 Å². The van der Waals surface area contributed by atoms with E-state index >= 15 is 0 Å². The molecular formula is C20H23N3O3S. The summed E-state index contributed by atoms with van der Waals surface area (Å²) in [6.45, 7) is 1.20. The summed E-state index contributed by atoms with van der Waals surface area (Å²) in [4.78, 5) is 31.1. The quantitative estimate of drug-likeness (QED) is 0.828. The Hall–Kier alpha value is -2.41.